The lowest BCUT2D eigenvalue weighted by Gasteiger charge is -2.13. The highest BCUT2D eigenvalue weighted by molar-refractivity contribution is 7.99. The molecule has 0 spiro atoms. The summed E-state index contributed by atoms with van der Waals surface area (Å²) in [6.45, 7) is 1.72. The van der Waals surface area contributed by atoms with E-state index in [0.29, 0.717) is 33.0 Å². The number of nitrogens with one attached hydrogen (secondary N) is 1. The van der Waals surface area contributed by atoms with Crippen molar-refractivity contribution in [3.8, 4) is 5.69 Å². The van der Waals surface area contributed by atoms with Crippen LogP contribution >= 0.6 is 11.8 Å². The Morgan fingerprint density at radius 3 is 2.47 bits per heavy atom. The molecule has 1 amide bonds. The van der Waals surface area contributed by atoms with Crippen LogP contribution in [0.4, 0.5) is 4.39 Å². The van der Waals surface area contributed by atoms with Crippen molar-refractivity contribution < 1.29 is 9.18 Å². The van der Waals surface area contributed by atoms with Crippen LogP contribution in [0.3, 0.4) is 0 Å². The molecular weight excluding hydrogens is 427 g/mol. The second-order valence-electron chi connectivity index (χ2n) is 6.92. The number of fused-ring (bicyclic) bond motifs is 1. The Bertz CT molecular complexity index is 1350. The molecule has 0 unspecified atom stereocenters. The predicted octanol–water partition coefficient (Wildman–Crippen LogP) is 4.16. The van der Waals surface area contributed by atoms with E-state index in [9.17, 15) is 14.0 Å². The average molecular weight is 447 g/mol. The summed E-state index contributed by atoms with van der Waals surface area (Å²) < 4.78 is 14.6. The number of thioether (sulfide) groups is 1. The van der Waals surface area contributed by atoms with Crippen LogP contribution in [0.1, 0.15) is 12.5 Å². The first-order valence-electron chi connectivity index (χ1n) is 9.82. The van der Waals surface area contributed by atoms with Crippen LogP contribution in [-0.4, -0.2) is 26.9 Å². The van der Waals surface area contributed by atoms with Crippen molar-refractivity contribution in [1.82, 2.24) is 15.0 Å². The minimum Gasteiger partial charge on any atom is -0.272 e. The van der Waals surface area contributed by atoms with Gasteiger partial charge < -0.3 is 0 Å². The molecule has 4 aromatic rings. The fourth-order valence-electron chi connectivity index (χ4n) is 3.08. The van der Waals surface area contributed by atoms with E-state index >= 15 is 0 Å². The zero-order valence-electron chi connectivity index (χ0n) is 17.2. The monoisotopic (exact) mass is 446 g/mol. The molecule has 160 valence electrons. The van der Waals surface area contributed by atoms with Crippen LogP contribution in [0.15, 0.2) is 93.9 Å². The number of amides is 1. The van der Waals surface area contributed by atoms with Gasteiger partial charge in [0.2, 0.25) is 0 Å². The van der Waals surface area contributed by atoms with Gasteiger partial charge in [0.25, 0.3) is 11.5 Å². The minimum atomic E-state index is -0.349. The van der Waals surface area contributed by atoms with Crippen LogP contribution in [0, 0.1) is 5.82 Å². The van der Waals surface area contributed by atoms with Crippen molar-refractivity contribution >= 4 is 34.3 Å². The third kappa shape index (κ3) is 4.76. The number of nitrogens with zero attached hydrogens (tertiary/aromatic N) is 3. The Labute approximate surface area is 187 Å². The van der Waals surface area contributed by atoms with E-state index < -0.39 is 0 Å². The van der Waals surface area contributed by atoms with Crippen molar-refractivity contribution in [3.05, 3.63) is 101 Å². The molecule has 0 aliphatic carbocycles. The lowest BCUT2D eigenvalue weighted by atomic mass is 10.1. The highest BCUT2D eigenvalue weighted by Gasteiger charge is 2.14. The molecule has 0 aliphatic rings. The molecule has 1 heterocycles. The maximum Gasteiger partial charge on any atom is 0.266 e. The van der Waals surface area contributed by atoms with Crippen molar-refractivity contribution in [2.24, 2.45) is 5.10 Å². The standard InChI is InChI=1S/C24H19FN4O2S/c1-16(17-11-13-18(25)14-12-17)27-28-22(30)15-32-24-26-21-10-6-5-9-20(21)23(31)29(24)19-7-3-2-4-8-19/h2-14H,15H2,1H3,(H,28,30)/b27-16+. The summed E-state index contributed by atoms with van der Waals surface area (Å²) in [7, 11) is 0. The number of benzene rings is 3. The van der Waals surface area contributed by atoms with Crippen molar-refractivity contribution in [2.45, 2.75) is 12.1 Å². The zero-order valence-corrected chi connectivity index (χ0v) is 18.0. The first kappa shape index (κ1) is 21.5. The lowest BCUT2D eigenvalue weighted by Crippen LogP contribution is -2.24. The van der Waals surface area contributed by atoms with Gasteiger partial charge in [-0.3, -0.25) is 14.2 Å². The number of carbonyl (C=O) groups is 1. The van der Waals surface area contributed by atoms with E-state index in [0.717, 1.165) is 11.8 Å². The summed E-state index contributed by atoms with van der Waals surface area (Å²) in [6.07, 6.45) is 0. The summed E-state index contributed by atoms with van der Waals surface area (Å²) in [5, 5.41) is 4.99. The van der Waals surface area contributed by atoms with Gasteiger partial charge in [0.1, 0.15) is 5.82 Å². The Balaban J connectivity index is 1.56. The SMILES string of the molecule is C/C(=N\NC(=O)CSc1nc2ccccc2c(=O)n1-c1ccccc1)c1ccc(F)cc1. The molecule has 4 rings (SSSR count). The number of rotatable bonds is 6. The highest BCUT2D eigenvalue weighted by atomic mass is 32.2. The van der Waals surface area contributed by atoms with E-state index in [4.69, 9.17) is 0 Å². The van der Waals surface area contributed by atoms with Crippen LogP contribution in [-0.2, 0) is 4.79 Å². The zero-order chi connectivity index (χ0) is 22.5. The second-order valence-corrected chi connectivity index (χ2v) is 7.86. The molecule has 0 saturated carbocycles. The normalized spacial score (nSPS) is 11.5. The number of para-hydroxylation sites is 2. The van der Waals surface area contributed by atoms with Gasteiger partial charge in [-0.05, 0) is 48.9 Å². The predicted molar refractivity (Wildman–Crippen MR) is 125 cm³/mol. The first-order valence-corrected chi connectivity index (χ1v) is 10.8. The largest absolute Gasteiger partial charge is 0.272 e. The third-order valence-electron chi connectivity index (χ3n) is 4.70. The van der Waals surface area contributed by atoms with E-state index in [-0.39, 0.29) is 23.0 Å². The van der Waals surface area contributed by atoms with E-state index in [2.05, 4.69) is 15.5 Å². The van der Waals surface area contributed by atoms with Gasteiger partial charge in [0.15, 0.2) is 5.16 Å². The molecule has 8 heteroatoms. The number of aromatic nitrogens is 2. The van der Waals surface area contributed by atoms with Gasteiger partial charge in [0, 0.05) is 0 Å². The van der Waals surface area contributed by atoms with Crippen molar-refractivity contribution in [1.29, 1.82) is 0 Å². The minimum absolute atomic E-state index is 0.0117. The van der Waals surface area contributed by atoms with Gasteiger partial charge in [0.05, 0.1) is 28.1 Å². The van der Waals surface area contributed by atoms with Gasteiger partial charge in [-0.2, -0.15) is 5.10 Å². The van der Waals surface area contributed by atoms with Gasteiger partial charge >= 0.3 is 0 Å². The highest BCUT2D eigenvalue weighted by Crippen LogP contribution is 2.21. The molecule has 1 N–H and O–H groups in total. The Kier molecular flexibility index (Phi) is 6.42. The molecule has 0 aliphatic heterocycles. The summed E-state index contributed by atoms with van der Waals surface area (Å²) in [5.74, 6) is -0.675. The Morgan fingerprint density at radius 1 is 1.03 bits per heavy atom. The quantitative estimate of drug-likeness (QED) is 0.209. The summed E-state index contributed by atoms with van der Waals surface area (Å²) in [4.78, 5) is 30.1. The van der Waals surface area contributed by atoms with Gasteiger partial charge in [-0.1, -0.05) is 54.2 Å². The lowest BCUT2D eigenvalue weighted by molar-refractivity contribution is -0.118. The number of halogens is 1. The number of hydrogen-bond acceptors (Lipinski definition) is 5. The molecule has 0 atom stereocenters. The van der Waals surface area contributed by atoms with Crippen LogP contribution in [0.25, 0.3) is 16.6 Å². The van der Waals surface area contributed by atoms with E-state index in [1.54, 1.807) is 37.3 Å². The first-order chi connectivity index (χ1) is 15.5. The maximum atomic E-state index is 13.2. The molecule has 6 nitrogen and oxygen atoms in total. The van der Waals surface area contributed by atoms with Gasteiger partial charge in [-0.15, -0.1) is 0 Å². The molecule has 0 saturated heterocycles. The smallest absolute Gasteiger partial charge is 0.266 e. The molecule has 1 aromatic heterocycles. The topological polar surface area (TPSA) is 76.3 Å². The summed E-state index contributed by atoms with van der Waals surface area (Å²) in [5.41, 5.74) is 4.79. The molecule has 0 radical (unpaired) electrons. The number of carbonyl (C=O) groups excluding carboxylic acids is 1. The molecule has 0 bridgehead atoms. The Hall–Kier alpha value is -3.78. The van der Waals surface area contributed by atoms with Crippen LogP contribution < -0.4 is 11.0 Å². The average Bonchev–Trinajstić information content (AvgIpc) is 2.82. The maximum absolute atomic E-state index is 13.2. The van der Waals surface area contributed by atoms with Gasteiger partial charge in [-0.25, -0.2) is 14.8 Å². The van der Waals surface area contributed by atoms with Crippen molar-refractivity contribution in [3.63, 3.8) is 0 Å². The number of hydrazone groups is 1. The van der Waals surface area contributed by atoms with E-state index in [1.165, 1.54) is 16.7 Å². The molecular formula is C24H19FN4O2S. The van der Waals surface area contributed by atoms with Crippen LogP contribution in [0.5, 0.6) is 0 Å². The summed E-state index contributed by atoms with van der Waals surface area (Å²) in [6, 6.07) is 22.1. The van der Waals surface area contributed by atoms with Crippen molar-refractivity contribution in [2.75, 3.05) is 5.75 Å². The van der Waals surface area contributed by atoms with Crippen LogP contribution in [0.2, 0.25) is 0 Å². The molecule has 3 aromatic carbocycles. The third-order valence-corrected chi connectivity index (χ3v) is 5.64. The number of hydrogen-bond donors (Lipinski definition) is 1. The Morgan fingerprint density at radius 2 is 1.72 bits per heavy atom. The fourth-order valence-corrected chi connectivity index (χ4v) is 3.88. The van der Waals surface area contributed by atoms with E-state index in [1.807, 2.05) is 36.4 Å². The summed E-state index contributed by atoms with van der Waals surface area (Å²) >= 11 is 1.15. The molecule has 0 fully saturated rings. The second kappa shape index (κ2) is 9.57. The fraction of sp³-hybridized carbons (Fsp3) is 0.0833. The molecule has 32 heavy (non-hydrogen) atoms.